The molecule has 5 nitrogen and oxygen atoms in total. The Labute approximate surface area is 120 Å². The fourth-order valence-corrected chi connectivity index (χ4v) is 1.94. The average molecular weight is 347 g/mol. The number of rotatable bonds is 4. The number of halogens is 3. The highest BCUT2D eigenvalue weighted by molar-refractivity contribution is 9.10. The highest BCUT2D eigenvalue weighted by Gasteiger charge is 2.16. The van der Waals surface area contributed by atoms with E-state index in [0.717, 1.165) is 10.9 Å². The zero-order chi connectivity index (χ0) is 14.7. The van der Waals surface area contributed by atoms with Crippen molar-refractivity contribution < 1.29 is 18.3 Å². The summed E-state index contributed by atoms with van der Waals surface area (Å²) in [7, 11) is 1.45. The van der Waals surface area contributed by atoms with Crippen molar-refractivity contribution in [2.24, 2.45) is 0 Å². The van der Waals surface area contributed by atoms with E-state index in [2.05, 4.69) is 25.8 Å². The fourth-order valence-electron chi connectivity index (χ4n) is 1.57. The molecule has 2 aromatic rings. The number of alkyl halides is 2. The van der Waals surface area contributed by atoms with Crippen molar-refractivity contribution in [3.05, 3.63) is 45.3 Å². The maximum atomic E-state index is 12.2. The first kappa shape index (κ1) is 14.4. The minimum Gasteiger partial charge on any atom is -0.494 e. The quantitative estimate of drug-likeness (QED) is 0.853. The molecule has 0 spiro atoms. The number of aromatic nitrogens is 2. The van der Waals surface area contributed by atoms with E-state index in [-0.39, 0.29) is 10.2 Å². The minimum atomic E-state index is -3.03. The van der Waals surface area contributed by atoms with E-state index in [0.29, 0.717) is 11.4 Å². The standard InChI is InChI=1S/C12H9BrF2N2O3/c1-19-8-5-3-2-4-7(8)17-11(18)10(13)9(6-16-17)20-12(14)15/h2-6,12H,1H3. The molecule has 0 fully saturated rings. The van der Waals surface area contributed by atoms with E-state index in [9.17, 15) is 13.6 Å². The second-order valence-electron chi connectivity index (χ2n) is 3.59. The Kier molecular flexibility index (Phi) is 4.33. The molecular weight excluding hydrogens is 338 g/mol. The van der Waals surface area contributed by atoms with Gasteiger partial charge in [0.25, 0.3) is 5.56 Å². The van der Waals surface area contributed by atoms with Gasteiger partial charge in [0.05, 0.1) is 13.3 Å². The van der Waals surface area contributed by atoms with Crippen LogP contribution >= 0.6 is 15.9 Å². The smallest absolute Gasteiger partial charge is 0.387 e. The Bertz CT molecular complexity index is 676. The summed E-state index contributed by atoms with van der Waals surface area (Å²) >= 11 is 2.93. The predicted molar refractivity (Wildman–Crippen MR) is 70.7 cm³/mol. The highest BCUT2D eigenvalue weighted by atomic mass is 79.9. The van der Waals surface area contributed by atoms with Gasteiger partial charge >= 0.3 is 6.61 Å². The van der Waals surface area contributed by atoms with Crippen molar-refractivity contribution in [2.45, 2.75) is 6.61 Å². The molecule has 1 aromatic heterocycles. The zero-order valence-electron chi connectivity index (χ0n) is 10.2. The predicted octanol–water partition coefficient (Wildman–Crippen LogP) is 2.61. The van der Waals surface area contributed by atoms with Crippen LogP contribution < -0.4 is 15.0 Å². The largest absolute Gasteiger partial charge is 0.494 e. The molecule has 0 N–H and O–H groups in total. The van der Waals surface area contributed by atoms with Crippen LogP contribution in [0.4, 0.5) is 8.78 Å². The molecule has 0 bridgehead atoms. The molecule has 0 atom stereocenters. The average Bonchev–Trinajstić information content (AvgIpc) is 2.44. The third kappa shape index (κ3) is 2.79. The molecule has 1 aromatic carbocycles. The van der Waals surface area contributed by atoms with Crippen molar-refractivity contribution in [3.8, 4) is 17.2 Å². The van der Waals surface area contributed by atoms with E-state index in [4.69, 9.17) is 4.74 Å². The number of methoxy groups -OCH3 is 1. The van der Waals surface area contributed by atoms with Crippen molar-refractivity contribution in [3.63, 3.8) is 0 Å². The van der Waals surface area contributed by atoms with Gasteiger partial charge in [-0.15, -0.1) is 0 Å². The maximum absolute atomic E-state index is 12.2. The molecule has 0 aliphatic heterocycles. The number of hydrogen-bond donors (Lipinski definition) is 0. The van der Waals surface area contributed by atoms with E-state index < -0.39 is 12.2 Å². The summed E-state index contributed by atoms with van der Waals surface area (Å²) in [4.78, 5) is 12.1. The second kappa shape index (κ2) is 6.00. The third-order valence-corrected chi connectivity index (χ3v) is 3.15. The zero-order valence-corrected chi connectivity index (χ0v) is 11.8. The number of ether oxygens (including phenoxy) is 2. The van der Waals surface area contributed by atoms with Gasteiger partial charge in [-0.1, -0.05) is 12.1 Å². The molecule has 0 radical (unpaired) electrons. The lowest BCUT2D eigenvalue weighted by molar-refractivity contribution is -0.0508. The van der Waals surface area contributed by atoms with E-state index in [1.54, 1.807) is 24.3 Å². The highest BCUT2D eigenvalue weighted by Crippen LogP contribution is 2.24. The lowest BCUT2D eigenvalue weighted by Crippen LogP contribution is -2.23. The van der Waals surface area contributed by atoms with Gasteiger partial charge in [0.2, 0.25) is 0 Å². The Balaban J connectivity index is 2.54. The maximum Gasteiger partial charge on any atom is 0.387 e. The number of hydrogen-bond acceptors (Lipinski definition) is 4. The normalized spacial score (nSPS) is 10.7. The van der Waals surface area contributed by atoms with Crippen LogP contribution in [-0.4, -0.2) is 23.5 Å². The third-order valence-electron chi connectivity index (χ3n) is 2.42. The molecule has 0 amide bonds. The monoisotopic (exact) mass is 346 g/mol. The first-order valence-corrected chi connectivity index (χ1v) is 6.20. The molecule has 0 saturated heterocycles. The van der Waals surface area contributed by atoms with Crippen LogP contribution in [0.15, 0.2) is 39.7 Å². The van der Waals surface area contributed by atoms with E-state index >= 15 is 0 Å². The van der Waals surface area contributed by atoms with Crippen molar-refractivity contribution >= 4 is 15.9 Å². The summed E-state index contributed by atoms with van der Waals surface area (Å²) < 4.78 is 34.5. The molecule has 2 rings (SSSR count). The number of benzene rings is 1. The summed E-state index contributed by atoms with van der Waals surface area (Å²) in [5.74, 6) is 0.104. The molecule has 0 aliphatic carbocycles. The van der Waals surface area contributed by atoms with Crippen LogP contribution in [-0.2, 0) is 0 Å². The van der Waals surface area contributed by atoms with Gasteiger partial charge in [-0.25, -0.2) is 0 Å². The molecule has 8 heteroatoms. The Morgan fingerprint density at radius 3 is 2.65 bits per heavy atom. The van der Waals surface area contributed by atoms with Gasteiger partial charge in [-0.2, -0.15) is 18.6 Å². The molecule has 20 heavy (non-hydrogen) atoms. The molecular formula is C12H9BrF2N2O3. The number of para-hydroxylation sites is 2. The van der Waals surface area contributed by atoms with Gasteiger partial charge in [-0.3, -0.25) is 4.79 Å². The number of nitrogens with zero attached hydrogens (tertiary/aromatic N) is 2. The molecule has 0 unspecified atom stereocenters. The van der Waals surface area contributed by atoms with Gasteiger partial charge < -0.3 is 9.47 Å². The van der Waals surface area contributed by atoms with Gasteiger partial charge in [0.1, 0.15) is 15.9 Å². The topological polar surface area (TPSA) is 53.4 Å². The SMILES string of the molecule is COc1ccccc1-n1ncc(OC(F)F)c(Br)c1=O. The summed E-state index contributed by atoms with van der Waals surface area (Å²) in [6.45, 7) is -3.03. The second-order valence-corrected chi connectivity index (χ2v) is 4.38. The summed E-state index contributed by atoms with van der Waals surface area (Å²) in [6.07, 6.45) is 1.03. The van der Waals surface area contributed by atoms with Crippen LogP contribution in [0.1, 0.15) is 0 Å². The van der Waals surface area contributed by atoms with Crippen LogP contribution in [0, 0.1) is 0 Å². The summed E-state index contributed by atoms with van der Waals surface area (Å²) in [5, 5.41) is 3.81. The van der Waals surface area contributed by atoms with E-state index in [1.165, 1.54) is 7.11 Å². The van der Waals surface area contributed by atoms with Crippen LogP contribution in [0.5, 0.6) is 11.5 Å². The molecule has 0 aliphatic rings. The lowest BCUT2D eigenvalue weighted by atomic mass is 10.3. The fraction of sp³-hybridized carbons (Fsp3) is 0.167. The first-order chi connectivity index (χ1) is 9.54. The van der Waals surface area contributed by atoms with Gasteiger partial charge in [0.15, 0.2) is 5.75 Å². The van der Waals surface area contributed by atoms with Gasteiger partial charge in [0, 0.05) is 0 Å². The van der Waals surface area contributed by atoms with Crippen LogP contribution in [0.25, 0.3) is 5.69 Å². The summed E-state index contributed by atoms with van der Waals surface area (Å²) in [5.41, 5.74) is -0.239. The minimum absolute atomic E-state index is 0.140. The van der Waals surface area contributed by atoms with E-state index in [1.807, 2.05) is 0 Å². The Morgan fingerprint density at radius 1 is 1.30 bits per heavy atom. The van der Waals surface area contributed by atoms with Crippen molar-refractivity contribution in [2.75, 3.05) is 7.11 Å². The van der Waals surface area contributed by atoms with Gasteiger partial charge in [-0.05, 0) is 28.1 Å². The Morgan fingerprint density at radius 2 is 2.00 bits per heavy atom. The Hall–Kier alpha value is -1.96. The van der Waals surface area contributed by atoms with Crippen LogP contribution in [0.3, 0.4) is 0 Å². The molecule has 106 valence electrons. The van der Waals surface area contributed by atoms with Crippen molar-refractivity contribution in [1.29, 1.82) is 0 Å². The van der Waals surface area contributed by atoms with Crippen molar-refractivity contribution in [1.82, 2.24) is 9.78 Å². The molecule has 0 saturated carbocycles. The first-order valence-electron chi connectivity index (χ1n) is 5.40. The lowest BCUT2D eigenvalue weighted by Gasteiger charge is -2.11. The van der Waals surface area contributed by atoms with Crippen LogP contribution in [0.2, 0.25) is 0 Å². The summed E-state index contributed by atoms with van der Waals surface area (Å²) in [6, 6.07) is 6.70. The molecule has 1 heterocycles.